The predicted molar refractivity (Wildman–Crippen MR) is 81.6 cm³/mol. The van der Waals surface area contributed by atoms with Gasteiger partial charge in [-0.3, -0.25) is 4.79 Å². The highest BCUT2D eigenvalue weighted by Gasteiger charge is 2.46. The topological polar surface area (TPSA) is 117 Å². The van der Waals surface area contributed by atoms with Gasteiger partial charge in [-0.25, -0.2) is 0 Å². The summed E-state index contributed by atoms with van der Waals surface area (Å²) in [6.07, 6.45) is -1.48. The fraction of sp³-hybridized carbons (Fsp3) is 0.727. The average Bonchev–Trinajstić information content (AvgIpc) is 2.43. The van der Waals surface area contributed by atoms with Crippen LogP contribution in [0.4, 0.5) is 0 Å². The Labute approximate surface area is 141 Å². The zero-order valence-corrected chi connectivity index (χ0v) is 13.8. The first kappa shape index (κ1) is 19.3. The lowest BCUT2D eigenvalue weighted by molar-refractivity contribution is -0.229. The van der Waals surface area contributed by atoms with Crippen LogP contribution in [-0.2, 0) is 14.3 Å². The number of halogens is 3. The molecule has 1 heterocycles. The summed E-state index contributed by atoms with van der Waals surface area (Å²) in [6, 6.07) is -2.02. The van der Waals surface area contributed by atoms with E-state index in [4.69, 9.17) is 49.8 Å². The highest BCUT2D eigenvalue weighted by Crippen LogP contribution is 2.29. The number of nitrogens with one attached hydrogen (secondary N) is 1. The maximum Gasteiger partial charge on any atom is 0.272 e. The Bertz CT molecular complexity index is 467. The smallest absolute Gasteiger partial charge is 0.272 e. The number of rotatable bonds is 5. The van der Waals surface area contributed by atoms with Gasteiger partial charge in [0.15, 0.2) is 6.29 Å². The van der Waals surface area contributed by atoms with Gasteiger partial charge in [0.2, 0.25) is 0 Å². The van der Waals surface area contributed by atoms with Gasteiger partial charge >= 0.3 is 0 Å². The van der Waals surface area contributed by atoms with E-state index in [1.54, 1.807) is 6.92 Å². The van der Waals surface area contributed by atoms with Crippen molar-refractivity contribution in [2.75, 3.05) is 6.61 Å². The Morgan fingerprint density at radius 1 is 1.64 bits per heavy atom. The normalized spacial score (nSPS) is 32.0. The molecule has 1 amide bonds. The van der Waals surface area contributed by atoms with Gasteiger partial charge in [-0.1, -0.05) is 46.0 Å². The minimum absolute atomic E-state index is 0.108. The molecule has 0 saturated carbocycles. The van der Waals surface area contributed by atoms with Crippen LogP contribution >= 0.6 is 34.8 Å². The maximum absolute atomic E-state index is 11.8. The molecule has 1 aliphatic heterocycles. The Morgan fingerprint density at radius 3 is 2.77 bits per heavy atom. The lowest BCUT2D eigenvalue weighted by atomic mass is 9.95. The van der Waals surface area contributed by atoms with E-state index in [0.717, 1.165) is 0 Å². The lowest BCUT2D eigenvalue weighted by Gasteiger charge is -2.42. The molecule has 8 nitrogen and oxygen atoms in total. The van der Waals surface area contributed by atoms with E-state index in [2.05, 4.69) is 21.9 Å². The van der Waals surface area contributed by atoms with Crippen LogP contribution in [-0.4, -0.2) is 52.0 Å². The zero-order chi connectivity index (χ0) is 16.9. The quantitative estimate of drug-likeness (QED) is 0.251. The number of amides is 1. The van der Waals surface area contributed by atoms with Gasteiger partial charge in [0.05, 0.1) is 24.9 Å². The van der Waals surface area contributed by atoms with Crippen LogP contribution in [0, 0.1) is 0 Å². The molecule has 1 fully saturated rings. The van der Waals surface area contributed by atoms with Gasteiger partial charge in [0.25, 0.3) is 9.70 Å². The number of ether oxygens (including phenoxy) is 2. The van der Waals surface area contributed by atoms with Crippen LogP contribution in [0.25, 0.3) is 10.4 Å². The lowest BCUT2D eigenvalue weighted by Crippen LogP contribution is -2.64. The van der Waals surface area contributed by atoms with Crippen molar-refractivity contribution in [2.24, 2.45) is 5.11 Å². The Kier molecular flexibility index (Phi) is 7.21. The van der Waals surface area contributed by atoms with Crippen LogP contribution < -0.4 is 5.32 Å². The van der Waals surface area contributed by atoms with Crippen molar-refractivity contribution in [1.82, 2.24) is 5.32 Å². The predicted octanol–water partition coefficient (Wildman–Crippen LogP) is 1.83. The van der Waals surface area contributed by atoms with Crippen LogP contribution in [0.2, 0.25) is 0 Å². The SMILES string of the molecule is C=CCO[C@@H]1O[C@H](C)[C@H](N=[N+]=[N-])[C@H](O)[C@H]1NC(=O)C(Cl)(Cl)Cl. The molecular formula is C11H15Cl3N4O4. The van der Waals surface area contributed by atoms with E-state index in [-0.39, 0.29) is 6.61 Å². The molecule has 1 aliphatic rings. The molecule has 11 heteroatoms. The molecule has 1 saturated heterocycles. The summed E-state index contributed by atoms with van der Waals surface area (Å²) in [5.41, 5.74) is 8.56. The molecule has 0 unspecified atom stereocenters. The third-order valence-electron chi connectivity index (χ3n) is 2.96. The largest absolute Gasteiger partial charge is 0.390 e. The van der Waals surface area contributed by atoms with Crippen LogP contribution in [0.5, 0.6) is 0 Å². The summed E-state index contributed by atoms with van der Waals surface area (Å²) < 4.78 is 8.64. The van der Waals surface area contributed by atoms with Crippen molar-refractivity contribution in [3.8, 4) is 0 Å². The molecule has 1 rings (SSSR count). The summed E-state index contributed by atoms with van der Waals surface area (Å²) in [7, 11) is 0. The molecule has 0 aromatic carbocycles. The molecule has 0 aliphatic carbocycles. The van der Waals surface area contributed by atoms with E-state index in [9.17, 15) is 9.90 Å². The van der Waals surface area contributed by atoms with Crippen molar-refractivity contribution in [2.45, 2.75) is 41.3 Å². The third-order valence-corrected chi connectivity index (χ3v) is 3.47. The van der Waals surface area contributed by atoms with Crippen molar-refractivity contribution in [1.29, 1.82) is 0 Å². The molecule has 0 aromatic heterocycles. The fourth-order valence-electron chi connectivity index (χ4n) is 1.94. The van der Waals surface area contributed by atoms with E-state index in [1.165, 1.54) is 6.08 Å². The average molecular weight is 374 g/mol. The monoisotopic (exact) mass is 372 g/mol. The molecule has 0 spiro atoms. The van der Waals surface area contributed by atoms with E-state index >= 15 is 0 Å². The summed E-state index contributed by atoms with van der Waals surface area (Å²) in [4.78, 5) is 14.4. The second-order valence-corrected chi connectivity index (χ2v) is 6.80. The molecule has 0 aromatic rings. The Hall–Kier alpha value is -0.730. The molecule has 0 radical (unpaired) electrons. The number of nitrogens with zero attached hydrogens (tertiary/aromatic N) is 3. The van der Waals surface area contributed by atoms with E-state index in [0.29, 0.717) is 0 Å². The summed E-state index contributed by atoms with van der Waals surface area (Å²) in [6.45, 7) is 5.20. The minimum Gasteiger partial charge on any atom is -0.390 e. The number of hydrogen-bond acceptors (Lipinski definition) is 5. The molecule has 124 valence electrons. The fourth-order valence-corrected chi connectivity index (χ4v) is 2.11. The van der Waals surface area contributed by atoms with Gasteiger partial charge in [-0.2, -0.15) is 0 Å². The van der Waals surface area contributed by atoms with Crippen LogP contribution in [0.3, 0.4) is 0 Å². The first-order valence-electron chi connectivity index (χ1n) is 6.20. The van der Waals surface area contributed by atoms with Crippen LogP contribution in [0.15, 0.2) is 17.8 Å². The number of carbonyl (C=O) groups excluding carboxylic acids is 1. The summed E-state index contributed by atoms with van der Waals surface area (Å²) in [5, 5.41) is 16.1. The van der Waals surface area contributed by atoms with Crippen molar-refractivity contribution >= 4 is 40.7 Å². The van der Waals surface area contributed by atoms with Crippen molar-refractivity contribution < 1.29 is 19.4 Å². The number of hydrogen-bond donors (Lipinski definition) is 2. The van der Waals surface area contributed by atoms with Gasteiger partial charge in [-0.15, -0.1) is 6.58 Å². The highest BCUT2D eigenvalue weighted by atomic mass is 35.6. The van der Waals surface area contributed by atoms with Gasteiger partial charge in [0, 0.05) is 4.91 Å². The number of azide groups is 1. The van der Waals surface area contributed by atoms with Crippen LogP contribution in [0.1, 0.15) is 6.92 Å². The zero-order valence-electron chi connectivity index (χ0n) is 11.5. The highest BCUT2D eigenvalue weighted by molar-refractivity contribution is 6.76. The molecule has 22 heavy (non-hydrogen) atoms. The number of alkyl halides is 3. The molecule has 5 atom stereocenters. The van der Waals surface area contributed by atoms with Crippen molar-refractivity contribution in [3.05, 3.63) is 23.1 Å². The first-order valence-corrected chi connectivity index (χ1v) is 7.33. The standard InChI is InChI=1S/C11H15Cl3N4O4/c1-3-4-21-9-7(16-10(20)11(12,13)14)8(19)6(17-18-15)5(2)22-9/h3,5-9,19H,1,4H2,2H3,(H,16,20)/t5-,6+,7-,8+,9-/m1/s1. The summed E-state index contributed by atoms with van der Waals surface area (Å²) >= 11 is 16.5. The molecule has 2 N–H and O–H groups in total. The molecular weight excluding hydrogens is 359 g/mol. The Morgan fingerprint density at radius 2 is 2.27 bits per heavy atom. The maximum atomic E-state index is 11.8. The molecule has 0 bridgehead atoms. The third kappa shape index (κ3) is 4.89. The number of aliphatic hydroxyl groups is 1. The minimum atomic E-state index is -2.22. The van der Waals surface area contributed by atoms with Gasteiger partial charge < -0.3 is 19.9 Å². The first-order chi connectivity index (χ1) is 10.2. The number of carbonyl (C=O) groups is 1. The van der Waals surface area contributed by atoms with Gasteiger partial charge in [-0.05, 0) is 12.5 Å². The van der Waals surface area contributed by atoms with Gasteiger partial charge in [0.1, 0.15) is 6.04 Å². The second kappa shape index (κ2) is 8.21. The number of aliphatic hydroxyl groups excluding tert-OH is 1. The van der Waals surface area contributed by atoms with E-state index < -0.39 is 40.3 Å². The second-order valence-electron chi connectivity index (χ2n) is 4.51. The van der Waals surface area contributed by atoms with Crippen molar-refractivity contribution in [3.63, 3.8) is 0 Å². The Balaban J connectivity index is 2.98. The van der Waals surface area contributed by atoms with E-state index in [1.807, 2.05) is 0 Å². The summed E-state index contributed by atoms with van der Waals surface area (Å²) in [5.74, 6) is -0.966.